The third-order valence-electron chi connectivity index (χ3n) is 1.00. The normalized spacial score (nSPS) is 19.1. The lowest BCUT2D eigenvalue weighted by atomic mass is 10.2. The van der Waals surface area contributed by atoms with Crippen molar-refractivity contribution in [1.29, 1.82) is 0 Å². The summed E-state index contributed by atoms with van der Waals surface area (Å²) < 4.78 is 0. The van der Waals surface area contributed by atoms with Gasteiger partial charge >= 0.3 is 0 Å². The minimum Gasteiger partial charge on any atom is -0.305 e. The fourth-order valence-electron chi connectivity index (χ4n) is 0.600. The zero-order valence-corrected chi connectivity index (χ0v) is 4.15. The van der Waals surface area contributed by atoms with Gasteiger partial charge in [0.1, 0.15) is 0 Å². The van der Waals surface area contributed by atoms with E-state index >= 15 is 0 Å². The second kappa shape index (κ2) is 1.82. The monoisotopic (exact) mass is 94.1 g/mol. The first kappa shape index (κ1) is 4.44. The largest absolute Gasteiger partial charge is 0.305 e. The molecular formula is C6H8N. The lowest BCUT2D eigenvalue weighted by Gasteiger charge is -1.96. The quantitative estimate of drug-likeness (QED) is 0.406. The zero-order chi connectivity index (χ0) is 5.11. The molecule has 0 bridgehead atoms. The molecule has 0 unspecified atom stereocenters. The van der Waals surface area contributed by atoms with E-state index < -0.39 is 0 Å². The molecule has 0 aliphatic heterocycles. The van der Waals surface area contributed by atoms with Crippen molar-refractivity contribution in [3.05, 3.63) is 23.9 Å². The van der Waals surface area contributed by atoms with E-state index in [9.17, 15) is 0 Å². The SMILES string of the molecule is [NH]C1=CCC=CC1. The van der Waals surface area contributed by atoms with Gasteiger partial charge in [-0.2, -0.15) is 0 Å². The van der Waals surface area contributed by atoms with Crippen LogP contribution in [0.4, 0.5) is 0 Å². The predicted octanol–water partition coefficient (Wildman–Crippen LogP) is 1.50. The van der Waals surface area contributed by atoms with Gasteiger partial charge in [-0.05, 0) is 6.42 Å². The van der Waals surface area contributed by atoms with Gasteiger partial charge in [0.25, 0.3) is 0 Å². The summed E-state index contributed by atoms with van der Waals surface area (Å²) in [7, 11) is 0. The van der Waals surface area contributed by atoms with Crippen molar-refractivity contribution in [3.8, 4) is 0 Å². The summed E-state index contributed by atoms with van der Waals surface area (Å²) in [6, 6.07) is 0. The van der Waals surface area contributed by atoms with Crippen LogP contribution in [0.25, 0.3) is 0 Å². The van der Waals surface area contributed by atoms with Crippen molar-refractivity contribution in [2.75, 3.05) is 0 Å². The third-order valence-corrected chi connectivity index (χ3v) is 1.00. The number of allylic oxidation sites excluding steroid dienone is 3. The molecule has 0 fully saturated rings. The molecule has 1 aliphatic rings. The third kappa shape index (κ3) is 1.07. The summed E-state index contributed by atoms with van der Waals surface area (Å²) in [5.74, 6) is 0. The number of hydrogen-bond donors (Lipinski definition) is 0. The molecule has 7 heavy (non-hydrogen) atoms. The van der Waals surface area contributed by atoms with Crippen LogP contribution in [-0.2, 0) is 0 Å². The molecule has 0 saturated heterocycles. The summed E-state index contributed by atoms with van der Waals surface area (Å²) in [6.45, 7) is 0. The van der Waals surface area contributed by atoms with Gasteiger partial charge in [-0.15, -0.1) is 0 Å². The molecule has 0 aromatic carbocycles. The van der Waals surface area contributed by atoms with Crippen LogP contribution < -0.4 is 5.73 Å². The first-order chi connectivity index (χ1) is 3.39. The number of hydrogen-bond acceptors (Lipinski definition) is 0. The highest BCUT2D eigenvalue weighted by Crippen LogP contribution is 2.04. The molecule has 0 saturated carbocycles. The second-order valence-corrected chi connectivity index (χ2v) is 1.64. The van der Waals surface area contributed by atoms with E-state index in [2.05, 4.69) is 6.08 Å². The molecule has 1 nitrogen and oxygen atoms in total. The molecule has 0 atom stereocenters. The zero-order valence-electron chi connectivity index (χ0n) is 4.15. The highest BCUT2D eigenvalue weighted by Gasteiger charge is 1.89. The maximum absolute atomic E-state index is 7.08. The predicted molar refractivity (Wildman–Crippen MR) is 29.6 cm³/mol. The van der Waals surface area contributed by atoms with Crippen LogP contribution in [0.1, 0.15) is 12.8 Å². The first-order valence-electron chi connectivity index (χ1n) is 2.45. The number of rotatable bonds is 0. The van der Waals surface area contributed by atoms with Gasteiger partial charge in [-0.1, -0.05) is 18.2 Å². The molecule has 0 aromatic heterocycles. The molecule has 0 aromatic rings. The molecule has 0 amide bonds. The van der Waals surface area contributed by atoms with Crippen molar-refractivity contribution >= 4 is 0 Å². The van der Waals surface area contributed by atoms with Crippen LogP contribution in [0.2, 0.25) is 0 Å². The van der Waals surface area contributed by atoms with E-state index in [-0.39, 0.29) is 0 Å². The molecule has 0 spiro atoms. The fraction of sp³-hybridized carbons (Fsp3) is 0.333. The van der Waals surface area contributed by atoms with Gasteiger partial charge in [-0.3, -0.25) is 0 Å². The van der Waals surface area contributed by atoms with Crippen LogP contribution in [-0.4, -0.2) is 0 Å². The molecule has 37 valence electrons. The minimum absolute atomic E-state index is 0.752. The first-order valence-corrected chi connectivity index (χ1v) is 2.45. The molecular weight excluding hydrogens is 86.1 g/mol. The highest BCUT2D eigenvalue weighted by molar-refractivity contribution is 5.10. The molecule has 0 heterocycles. The Kier molecular flexibility index (Phi) is 1.16. The van der Waals surface area contributed by atoms with Crippen molar-refractivity contribution < 1.29 is 0 Å². The van der Waals surface area contributed by atoms with Crippen molar-refractivity contribution in [1.82, 2.24) is 5.73 Å². The minimum atomic E-state index is 0.752. The van der Waals surface area contributed by atoms with Gasteiger partial charge in [0.2, 0.25) is 0 Å². The Morgan fingerprint density at radius 1 is 1.43 bits per heavy atom. The van der Waals surface area contributed by atoms with Gasteiger partial charge in [0, 0.05) is 12.1 Å². The summed E-state index contributed by atoms with van der Waals surface area (Å²) in [5.41, 5.74) is 7.83. The fourth-order valence-corrected chi connectivity index (χ4v) is 0.600. The molecule has 1 radical (unpaired) electrons. The summed E-state index contributed by atoms with van der Waals surface area (Å²) in [6.07, 6.45) is 7.83. The van der Waals surface area contributed by atoms with Crippen LogP contribution in [0.5, 0.6) is 0 Å². The summed E-state index contributed by atoms with van der Waals surface area (Å²) in [4.78, 5) is 0. The van der Waals surface area contributed by atoms with E-state index in [4.69, 9.17) is 5.73 Å². The van der Waals surface area contributed by atoms with Crippen LogP contribution in [0, 0.1) is 0 Å². The van der Waals surface area contributed by atoms with Crippen molar-refractivity contribution in [3.63, 3.8) is 0 Å². The van der Waals surface area contributed by atoms with Crippen LogP contribution in [0.3, 0.4) is 0 Å². The Balaban J connectivity index is 2.50. The lowest BCUT2D eigenvalue weighted by molar-refractivity contribution is 1.06. The van der Waals surface area contributed by atoms with E-state index in [0.717, 1.165) is 18.5 Å². The van der Waals surface area contributed by atoms with E-state index in [0.29, 0.717) is 0 Å². The Hall–Kier alpha value is -0.720. The Labute approximate surface area is 43.5 Å². The maximum atomic E-state index is 7.08. The molecule has 1 heteroatoms. The average molecular weight is 94.1 g/mol. The van der Waals surface area contributed by atoms with Gasteiger partial charge in [0.05, 0.1) is 0 Å². The van der Waals surface area contributed by atoms with Crippen LogP contribution in [0.15, 0.2) is 23.9 Å². The van der Waals surface area contributed by atoms with Gasteiger partial charge < -0.3 is 5.73 Å². The lowest BCUT2D eigenvalue weighted by Crippen LogP contribution is -1.83. The van der Waals surface area contributed by atoms with E-state index in [1.807, 2.05) is 12.2 Å². The smallest absolute Gasteiger partial charge is 0.0314 e. The standard InChI is InChI=1S/C6H8N/c7-6-4-2-1-3-5-6/h1-2,5,7H,3-4H2. The molecule has 1 rings (SSSR count). The van der Waals surface area contributed by atoms with Gasteiger partial charge in [0.15, 0.2) is 0 Å². The summed E-state index contributed by atoms with van der Waals surface area (Å²) >= 11 is 0. The van der Waals surface area contributed by atoms with Gasteiger partial charge in [-0.25, -0.2) is 0 Å². The summed E-state index contributed by atoms with van der Waals surface area (Å²) in [5, 5.41) is 0. The topological polar surface area (TPSA) is 23.8 Å². The van der Waals surface area contributed by atoms with E-state index in [1.54, 1.807) is 0 Å². The Bertz CT molecular complexity index is 111. The Morgan fingerprint density at radius 3 is 2.57 bits per heavy atom. The Morgan fingerprint density at radius 2 is 2.29 bits per heavy atom. The molecule has 1 N–H and O–H groups in total. The van der Waals surface area contributed by atoms with Crippen molar-refractivity contribution in [2.45, 2.75) is 12.8 Å². The second-order valence-electron chi connectivity index (χ2n) is 1.64. The maximum Gasteiger partial charge on any atom is 0.0314 e. The highest BCUT2D eigenvalue weighted by atomic mass is 14.6. The average Bonchev–Trinajstić information content (AvgIpc) is 1.69. The van der Waals surface area contributed by atoms with E-state index in [1.165, 1.54) is 0 Å². The molecule has 1 aliphatic carbocycles. The van der Waals surface area contributed by atoms with Crippen molar-refractivity contribution in [2.24, 2.45) is 0 Å². The number of nitrogens with one attached hydrogen (secondary N) is 1. The van der Waals surface area contributed by atoms with Crippen LogP contribution >= 0.6 is 0 Å².